The summed E-state index contributed by atoms with van der Waals surface area (Å²) in [6, 6.07) is 5.60. The number of piperidine rings is 1. The molecule has 6 heteroatoms. The van der Waals surface area contributed by atoms with Gasteiger partial charge in [-0.05, 0) is 59.5 Å². The van der Waals surface area contributed by atoms with Crippen LogP contribution in [0.4, 0.5) is 11.4 Å². The molecule has 0 spiro atoms. The van der Waals surface area contributed by atoms with Crippen LogP contribution in [-0.2, 0) is 0 Å². The largest absolute Gasteiger partial charge is 0.378 e. The summed E-state index contributed by atoms with van der Waals surface area (Å²) >= 11 is 2.09. The molecule has 1 fully saturated rings. The summed E-state index contributed by atoms with van der Waals surface area (Å²) in [6.45, 7) is 6.21. The fourth-order valence-electron chi connectivity index (χ4n) is 2.64. The Hall–Kier alpha value is -0.890. The lowest BCUT2D eigenvalue weighted by molar-refractivity contribution is -0.384. The van der Waals surface area contributed by atoms with Gasteiger partial charge in [0.2, 0.25) is 0 Å². The van der Waals surface area contributed by atoms with Crippen LogP contribution in [0.2, 0.25) is 0 Å². The van der Waals surface area contributed by atoms with Crippen molar-refractivity contribution in [1.82, 2.24) is 5.32 Å². The molecule has 2 N–H and O–H groups in total. The van der Waals surface area contributed by atoms with Crippen LogP contribution in [-0.4, -0.2) is 24.1 Å². The summed E-state index contributed by atoms with van der Waals surface area (Å²) in [6.07, 6.45) is 2.37. The van der Waals surface area contributed by atoms with Crippen molar-refractivity contribution >= 4 is 34.0 Å². The van der Waals surface area contributed by atoms with Crippen molar-refractivity contribution in [3.8, 4) is 0 Å². The molecule has 1 aromatic carbocycles. The zero-order valence-corrected chi connectivity index (χ0v) is 13.9. The lowest BCUT2D eigenvalue weighted by atomic mass is 9.77. The maximum Gasteiger partial charge on any atom is 0.293 e. The summed E-state index contributed by atoms with van der Waals surface area (Å²) in [5.41, 5.74) is 0.951. The minimum Gasteiger partial charge on any atom is -0.378 e. The van der Waals surface area contributed by atoms with E-state index in [1.807, 2.05) is 6.07 Å². The zero-order valence-electron chi connectivity index (χ0n) is 11.8. The Labute approximate surface area is 132 Å². The highest BCUT2D eigenvalue weighted by Gasteiger charge is 2.32. The number of benzene rings is 1. The fraction of sp³-hybridized carbons (Fsp3) is 0.571. The van der Waals surface area contributed by atoms with Gasteiger partial charge in [-0.2, -0.15) is 0 Å². The number of nitrogens with zero attached hydrogens (tertiary/aromatic N) is 1. The highest BCUT2D eigenvalue weighted by molar-refractivity contribution is 14.1. The standard InChI is InChI=1S/C14H20IN3O2/c1-14(2)6-3-7-16-13(14)9-17-11-5-4-10(15)8-12(11)18(19)20/h4-5,8,13,16-17H,3,6-7,9H2,1-2H3. The Bertz CT molecular complexity index is 505. The molecule has 0 saturated carbocycles. The summed E-state index contributed by atoms with van der Waals surface area (Å²) in [7, 11) is 0. The first-order valence-corrected chi connectivity index (χ1v) is 7.89. The number of anilines is 1. The van der Waals surface area contributed by atoms with Crippen molar-refractivity contribution in [2.75, 3.05) is 18.4 Å². The SMILES string of the molecule is CC1(C)CCCNC1CNc1ccc(I)cc1[N+](=O)[O-]. The first kappa shape index (κ1) is 15.5. The second kappa shape index (κ2) is 6.26. The maximum absolute atomic E-state index is 11.1. The zero-order chi connectivity index (χ0) is 14.8. The van der Waals surface area contributed by atoms with E-state index in [1.54, 1.807) is 12.1 Å². The molecule has 110 valence electrons. The van der Waals surface area contributed by atoms with Crippen LogP contribution in [0.5, 0.6) is 0 Å². The van der Waals surface area contributed by atoms with Gasteiger partial charge >= 0.3 is 0 Å². The van der Waals surface area contributed by atoms with Crippen LogP contribution >= 0.6 is 22.6 Å². The van der Waals surface area contributed by atoms with Crippen molar-refractivity contribution in [1.29, 1.82) is 0 Å². The highest BCUT2D eigenvalue weighted by atomic mass is 127. The van der Waals surface area contributed by atoms with E-state index in [0.717, 1.165) is 10.1 Å². The van der Waals surface area contributed by atoms with Crippen LogP contribution in [0.15, 0.2) is 18.2 Å². The molecule has 5 nitrogen and oxygen atoms in total. The Morgan fingerprint density at radius 3 is 2.95 bits per heavy atom. The number of nitro benzene ring substituents is 1. The summed E-state index contributed by atoms with van der Waals surface area (Å²) < 4.78 is 0.871. The van der Waals surface area contributed by atoms with E-state index in [1.165, 1.54) is 12.8 Å². The molecule has 1 aliphatic rings. The average molecular weight is 389 g/mol. The van der Waals surface area contributed by atoms with Crippen molar-refractivity contribution in [3.05, 3.63) is 31.9 Å². The molecule has 1 saturated heterocycles. The Morgan fingerprint density at radius 2 is 2.30 bits per heavy atom. The number of halogens is 1. The third kappa shape index (κ3) is 3.60. The van der Waals surface area contributed by atoms with E-state index in [9.17, 15) is 10.1 Å². The number of rotatable bonds is 4. The van der Waals surface area contributed by atoms with Gasteiger partial charge in [0.05, 0.1) is 4.92 Å². The molecular formula is C14H20IN3O2. The topological polar surface area (TPSA) is 67.2 Å². The van der Waals surface area contributed by atoms with Gasteiger partial charge in [0, 0.05) is 22.2 Å². The number of hydrogen-bond donors (Lipinski definition) is 2. The average Bonchev–Trinajstić information content (AvgIpc) is 2.38. The van der Waals surface area contributed by atoms with Gasteiger partial charge in [-0.25, -0.2) is 0 Å². The van der Waals surface area contributed by atoms with Crippen LogP contribution in [0.1, 0.15) is 26.7 Å². The van der Waals surface area contributed by atoms with Gasteiger partial charge in [0.15, 0.2) is 0 Å². The molecule has 1 atom stereocenters. The lowest BCUT2D eigenvalue weighted by Gasteiger charge is -2.39. The minimum absolute atomic E-state index is 0.144. The van der Waals surface area contributed by atoms with Gasteiger partial charge in [0.1, 0.15) is 5.69 Å². The highest BCUT2D eigenvalue weighted by Crippen LogP contribution is 2.31. The van der Waals surface area contributed by atoms with E-state index in [4.69, 9.17) is 0 Å². The molecule has 0 radical (unpaired) electrons. The number of nitrogens with one attached hydrogen (secondary N) is 2. The van der Waals surface area contributed by atoms with E-state index in [-0.39, 0.29) is 16.0 Å². The summed E-state index contributed by atoms with van der Waals surface area (Å²) in [5, 5.41) is 17.8. The van der Waals surface area contributed by atoms with E-state index in [2.05, 4.69) is 47.1 Å². The number of hydrogen-bond acceptors (Lipinski definition) is 4. The van der Waals surface area contributed by atoms with Crippen LogP contribution in [0, 0.1) is 19.1 Å². The maximum atomic E-state index is 11.1. The number of nitro groups is 1. The Kier molecular flexibility index (Phi) is 4.85. The quantitative estimate of drug-likeness (QED) is 0.471. The van der Waals surface area contributed by atoms with Crippen LogP contribution in [0.3, 0.4) is 0 Å². The third-order valence-corrected chi connectivity index (χ3v) is 4.66. The van der Waals surface area contributed by atoms with Crippen molar-refractivity contribution in [2.45, 2.75) is 32.7 Å². The molecule has 1 aromatic rings. The molecule has 1 unspecified atom stereocenters. The minimum atomic E-state index is -0.329. The molecule has 0 aliphatic carbocycles. The second-order valence-corrected chi connectivity index (χ2v) is 7.14. The molecule has 2 rings (SSSR count). The Balaban J connectivity index is 2.09. The van der Waals surface area contributed by atoms with Gasteiger partial charge in [-0.15, -0.1) is 0 Å². The van der Waals surface area contributed by atoms with E-state index in [0.29, 0.717) is 18.3 Å². The molecule has 1 aliphatic heterocycles. The first-order valence-electron chi connectivity index (χ1n) is 6.81. The van der Waals surface area contributed by atoms with Gasteiger partial charge in [-0.1, -0.05) is 13.8 Å². The second-order valence-electron chi connectivity index (χ2n) is 5.90. The van der Waals surface area contributed by atoms with Crippen molar-refractivity contribution in [2.24, 2.45) is 5.41 Å². The summed E-state index contributed by atoms with van der Waals surface area (Å²) in [5.74, 6) is 0. The van der Waals surface area contributed by atoms with Crippen molar-refractivity contribution < 1.29 is 4.92 Å². The Morgan fingerprint density at radius 1 is 1.55 bits per heavy atom. The summed E-state index contributed by atoms with van der Waals surface area (Å²) in [4.78, 5) is 10.8. The lowest BCUT2D eigenvalue weighted by Crippen LogP contribution is -2.50. The predicted molar refractivity (Wildman–Crippen MR) is 89.1 cm³/mol. The molecule has 0 amide bonds. The van der Waals surface area contributed by atoms with Gasteiger partial charge in [-0.3, -0.25) is 10.1 Å². The molecule has 1 heterocycles. The monoisotopic (exact) mass is 389 g/mol. The van der Waals surface area contributed by atoms with E-state index < -0.39 is 0 Å². The fourth-order valence-corrected chi connectivity index (χ4v) is 3.11. The molecule has 0 aromatic heterocycles. The first-order chi connectivity index (χ1) is 9.40. The smallest absolute Gasteiger partial charge is 0.293 e. The molecule has 0 bridgehead atoms. The van der Waals surface area contributed by atoms with Crippen LogP contribution < -0.4 is 10.6 Å². The van der Waals surface area contributed by atoms with Gasteiger partial charge < -0.3 is 10.6 Å². The molecular weight excluding hydrogens is 369 g/mol. The molecule has 20 heavy (non-hydrogen) atoms. The van der Waals surface area contributed by atoms with E-state index >= 15 is 0 Å². The predicted octanol–water partition coefficient (Wildman–Crippen LogP) is 3.39. The van der Waals surface area contributed by atoms with Gasteiger partial charge in [0.25, 0.3) is 5.69 Å². The van der Waals surface area contributed by atoms with Crippen molar-refractivity contribution in [3.63, 3.8) is 0 Å². The van der Waals surface area contributed by atoms with Crippen LogP contribution in [0.25, 0.3) is 0 Å². The normalized spacial score (nSPS) is 21.4. The third-order valence-electron chi connectivity index (χ3n) is 3.99.